The number of aliphatic carboxylic acids is 1. The maximum atomic E-state index is 11.0. The van der Waals surface area contributed by atoms with Crippen LogP contribution in [0.1, 0.15) is 71.1 Å². The topological polar surface area (TPSA) is 75.3 Å². The third-order valence-electron chi connectivity index (χ3n) is 3.42. The van der Waals surface area contributed by atoms with E-state index in [1.165, 1.54) is 44.9 Å². The molecule has 0 bridgehead atoms. The number of nitrogens with one attached hydrogen (secondary N) is 1. The maximum Gasteiger partial charge on any atom is 0.320 e. The second kappa shape index (κ2) is 13.8. The van der Waals surface area contributed by atoms with E-state index in [2.05, 4.69) is 12.2 Å². The molecule has 114 valence electrons. The van der Waals surface area contributed by atoms with Gasteiger partial charge < -0.3 is 16.2 Å². The van der Waals surface area contributed by atoms with Gasteiger partial charge in [-0.3, -0.25) is 4.79 Å². The average Bonchev–Trinajstić information content (AvgIpc) is 2.39. The number of carboxylic acids is 1. The third-order valence-corrected chi connectivity index (χ3v) is 3.42. The number of carboxylic acid groups (broad SMARTS) is 1. The van der Waals surface area contributed by atoms with E-state index >= 15 is 0 Å². The number of nitrogens with two attached hydrogens (primary N) is 1. The van der Waals surface area contributed by atoms with E-state index in [0.717, 1.165) is 19.4 Å². The highest BCUT2D eigenvalue weighted by Crippen LogP contribution is 2.08. The first-order chi connectivity index (χ1) is 9.22. The lowest BCUT2D eigenvalue weighted by atomic mass is 10.1. The number of rotatable bonds is 14. The predicted octanol–water partition coefficient (Wildman–Crippen LogP) is 2.91. The average molecular weight is 272 g/mol. The molecule has 1 unspecified atom stereocenters. The summed E-state index contributed by atoms with van der Waals surface area (Å²) < 4.78 is 0. The molecule has 0 aliphatic heterocycles. The molecule has 1 atom stereocenters. The van der Waals surface area contributed by atoms with E-state index in [4.69, 9.17) is 10.8 Å². The van der Waals surface area contributed by atoms with Gasteiger partial charge in [0, 0.05) is 0 Å². The van der Waals surface area contributed by atoms with E-state index in [1.54, 1.807) is 0 Å². The maximum absolute atomic E-state index is 11.0. The van der Waals surface area contributed by atoms with E-state index in [1.807, 2.05) is 0 Å². The number of carbonyl (C=O) groups is 1. The molecule has 0 aliphatic carbocycles. The van der Waals surface area contributed by atoms with Gasteiger partial charge in [0.25, 0.3) is 0 Å². The summed E-state index contributed by atoms with van der Waals surface area (Å²) in [6, 6.07) is -0.423. The van der Waals surface area contributed by atoms with Crippen LogP contribution >= 0.6 is 0 Å². The van der Waals surface area contributed by atoms with Crippen LogP contribution < -0.4 is 11.1 Å². The van der Waals surface area contributed by atoms with Crippen LogP contribution in [-0.2, 0) is 4.79 Å². The van der Waals surface area contributed by atoms with Crippen molar-refractivity contribution in [1.29, 1.82) is 0 Å². The fourth-order valence-electron chi connectivity index (χ4n) is 2.17. The Balaban J connectivity index is 3.37. The molecule has 0 aromatic heterocycles. The summed E-state index contributed by atoms with van der Waals surface area (Å²) in [5.41, 5.74) is 5.40. The van der Waals surface area contributed by atoms with Gasteiger partial charge in [-0.15, -0.1) is 0 Å². The fourth-order valence-corrected chi connectivity index (χ4v) is 2.17. The minimum absolute atomic E-state index is 0.423. The zero-order chi connectivity index (χ0) is 14.3. The van der Waals surface area contributed by atoms with Crippen LogP contribution in [0.25, 0.3) is 0 Å². The van der Waals surface area contributed by atoms with Gasteiger partial charge in [0.1, 0.15) is 6.04 Å². The fraction of sp³-hybridized carbons (Fsp3) is 0.933. The van der Waals surface area contributed by atoms with Gasteiger partial charge in [0.05, 0.1) is 0 Å². The highest BCUT2D eigenvalue weighted by molar-refractivity contribution is 5.73. The molecule has 0 saturated carbocycles. The van der Waals surface area contributed by atoms with Gasteiger partial charge in [-0.05, 0) is 32.4 Å². The Morgan fingerprint density at radius 3 is 2.16 bits per heavy atom. The summed E-state index contributed by atoms with van der Waals surface area (Å²) in [5.74, 6) is -0.756. The lowest BCUT2D eigenvalue weighted by Gasteiger charge is -2.13. The van der Waals surface area contributed by atoms with Crippen molar-refractivity contribution in [3.63, 3.8) is 0 Å². The number of unbranched alkanes of at least 4 members (excludes halogenated alkanes) is 7. The standard InChI is InChI=1S/C15H32N2O2/c1-2-3-4-5-6-7-8-9-13-17-14(15(18)19)11-10-12-16/h14,17H,2-13,16H2,1H3,(H,18,19). The Labute approximate surface area is 118 Å². The molecule has 0 saturated heterocycles. The van der Waals surface area contributed by atoms with Crippen molar-refractivity contribution in [2.45, 2.75) is 77.2 Å². The third kappa shape index (κ3) is 12.2. The summed E-state index contributed by atoms with van der Waals surface area (Å²) in [6.07, 6.45) is 11.6. The van der Waals surface area contributed by atoms with Crippen LogP contribution in [0.5, 0.6) is 0 Å². The molecule has 0 aromatic rings. The van der Waals surface area contributed by atoms with Gasteiger partial charge >= 0.3 is 5.97 Å². The molecule has 0 spiro atoms. The minimum Gasteiger partial charge on any atom is -0.480 e. The summed E-state index contributed by atoms with van der Waals surface area (Å²) in [4.78, 5) is 11.0. The van der Waals surface area contributed by atoms with Crippen molar-refractivity contribution in [2.75, 3.05) is 13.1 Å². The van der Waals surface area contributed by atoms with Crippen molar-refractivity contribution in [3.8, 4) is 0 Å². The van der Waals surface area contributed by atoms with Crippen molar-refractivity contribution in [3.05, 3.63) is 0 Å². The molecule has 19 heavy (non-hydrogen) atoms. The molecule has 0 fully saturated rings. The van der Waals surface area contributed by atoms with Gasteiger partial charge in [0.15, 0.2) is 0 Å². The van der Waals surface area contributed by atoms with E-state index < -0.39 is 12.0 Å². The molecular formula is C15H32N2O2. The van der Waals surface area contributed by atoms with Gasteiger partial charge in [-0.2, -0.15) is 0 Å². The minimum atomic E-state index is -0.756. The highest BCUT2D eigenvalue weighted by atomic mass is 16.4. The van der Waals surface area contributed by atoms with E-state index in [-0.39, 0.29) is 0 Å². The molecule has 0 amide bonds. The van der Waals surface area contributed by atoms with Crippen molar-refractivity contribution >= 4 is 5.97 Å². The Kier molecular flexibility index (Phi) is 13.4. The Morgan fingerprint density at radius 1 is 1.05 bits per heavy atom. The Morgan fingerprint density at radius 2 is 1.63 bits per heavy atom. The predicted molar refractivity (Wildman–Crippen MR) is 80.3 cm³/mol. The van der Waals surface area contributed by atoms with E-state index in [0.29, 0.717) is 13.0 Å². The zero-order valence-electron chi connectivity index (χ0n) is 12.5. The van der Waals surface area contributed by atoms with Crippen LogP contribution in [0, 0.1) is 0 Å². The first kappa shape index (κ1) is 18.4. The van der Waals surface area contributed by atoms with Gasteiger partial charge in [-0.25, -0.2) is 0 Å². The van der Waals surface area contributed by atoms with Crippen LogP contribution in [0.15, 0.2) is 0 Å². The quantitative estimate of drug-likeness (QED) is 0.425. The molecule has 4 heteroatoms. The lowest BCUT2D eigenvalue weighted by molar-refractivity contribution is -0.139. The van der Waals surface area contributed by atoms with Crippen LogP contribution in [-0.4, -0.2) is 30.2 Å². The highest BCUT2D eigenvalue weighted by Gasteiger charge is 2.14. The first-order valence-corrected chi connectivity index (χ1v) is 7.88. The van der Waals surface area contributed by atoms with Crippen LogP contribution in [0.4, 0.5) is 0 Å². The summed E-state index contributed by atoms with van der Waals surface area (Å²) >= 11 is 0. The molecule has 0 rings (SSSR count). The molecular weight excluding hydrogens is 240 g/mol. The summed E-state index contributed by atoms with van der Waals surface area (Å²) in [6.45, 7) is 3.59. The number of hydrogen-bond donors (Lipinski definition) is 3. The Bertz CT molecular complexity index is 210. The smallest absolute Gasteiger partial charge is 0.320 e. The zero-order valence-corrected chi connectivity index (χ0v) is 12.5. The molecule has 0 aromatic carbocycles. The van der Waals surface area contributed by atoms with Crippen LogP contribution in [0.3, 0.4) is 0 Å². The normalized spacial score (nSPS) is 12.5. The van der Waals surface area contributed by atoms with E-state index in [9.17, 15) is 4.79 Å². The molecule has 4 N–H and O–H groups in total. The lowest BCUT2D eigenvalue weighted by Crippen LogP contribution is -2.37. The molecule has 0 aliphatic rings. The monoisotopic (exact) mass is 272 g/mol. The molecule has 0 radical (unpaired) electrons. The summed E-state index contributed by atoms with van der Waals surface area (Å²) in [7, 11) is 0. The first-order valence-electron chi connectivity index (χ1n) is 7.88. The van der Waals surface area contributed by atoms with Crippen LogP contribution in [0.2, 0.25) is 0 Å². The summed E-state index contributed by atoms with van der Waals surface area (Å²) in [5, 5.41) is 12.1. The van der Waals surface area contributed by atoms with Gasteiger partial charge in [0.2, 0.25) is 0 Å². The number of hydrogen-bond acceptors (Lipinski definition) is 3. The van der Waals surface area contributed by atoms with Crippen molar-refractivity contribution < 1.29 is 9.90 Å². The Hall–Kier alpha value is -0.610. The SMILES string of the molecule is CCCCCCCCCCNC(CCCN)C(=O)O. The second-order valence-corrected chi connectivity index (χ2v) is 5.25. The van der Waals surface area contributed by atoms with Crippen molar-refractivity contribution in [1.82, 2.24) is 5.32 Å². The largest absolute Gasteiger partial charge is 0.480 e. The second-order valence-electron chi connectivity index (χ2n) is 5.25. The molecule has 4 nitrogen and oxygen atoms in total. The van der Waals surface area contributed by atoms with Gasteiger partial charge in [-0.1, -0.05) is 51.9 Å². The van der Waals surface area contributed by atoms with Crippen molar-refractivity contribution in [2.24, 2.45) is 5.73 Å². The molecule has 0 heterocycles.